The SMILES string of the molecule is Cc1cc(N(C)CCS(C)(=O)=O)ccc1C(N)=S. The molecule has 0 aliphatic carbocycles. The fraction of sp³-hybridized carbons (Fsp3) is 0.417. The highest BCUT2D eigenvalue weighted by molar-refractivity contribution is 7.90. The van der Waals surface area contributed by atoms with Crippen LogP contribution in [0, 0.1) is 6.92 Å². The van der Waals surface area contributed by atoms with Crippen LogP contribution in [-0.2, 0) is 9.84 Å². The first-order valence-electron chi connectivity index (χ1n) is 5.50. The van der Waals surface area contributed by atoms with Gasteiger partial charge in [-0.25, -0.2) is 8.42 Å². The highest BCUT2D eigenvalue weighted by atomic mass is 32.2. The van der Waals surface area contributed by atoms with Gasteiger partial charge in [-0.2, -0.15) is 0 Å². The largest absolute Gasteiger partial charge is 0.389 e. The molecule has 0 fully saturated rings. The van der Waals surface area contributed by atoms with E-state index in [-0.39, 0.29) is 5.75 Å². The highest BCUT2D eigenvalue weighted by Crippen LogP contribution is 2.18. The predicted molar refractivity (Wildman–Crippen MR) is 80.0 cm³/mol. The molecule has 1 aromatic rings. The van der Waals surface area contributed by atoms with Gasteiger partial charge in [-0.1, -0.05) is 12.2 Å². The molecular formula is C12H18N2O2S2. The molecule has 0 unspecified atom stereocenters. The van der Waals surface area contributed by atoms with Crippen molar-refractivity contribution in [3.63, 3.8) is 0 Å². The summed E-state index contributed by atoms with van der Waals surface area (Å²) in [7, 11) is -1.08. The van der Waals surface area contributed by atoms with Gasteiger partial charge in [0.25, 0.3) is 0 Å². The van der Waals surface area contributed by atoms with Gasteiger partial charge in [-0.05, 0) is 30.7 Å². The number of thiocarbonyl (C=S) groups is 1. The topological polar surface area (TPSA) is 63.4 Å². The Bertz CT molecular complexity index is 553. The number of benzene rings is 1. The van der Waals surface area contributed by atoms with Crippen LogP contribution in [0.5, 0.6) is 0 Å². The number of aryl methyl sites for hydroxylation is 1. The lowest BCUT2D eigenvalue weighted by Crippen LogP contribution is -2.25. The first-order chi connectivity index (χ1) is 8.20. The molecule has 4 nitrogen and oxygen atoms in total. The second-order valence-corrected chi connectivity index (χ2v) is 7.11. The van der Waals surface area contributed by atoms with E-state index in [4.69, 9.17) is 18.0 Å². The molecule has 0 aliphatic rings. The molecule has 0 saturated carbocycles. The van der Waals surface area contributed by atoms with Gasteiger partial charge in [-0.15, -0.1) is 0 Å². The number of hydrogen-bond donors (Lipinski definition) is 1. The maximum Gasteiger partial charge on any atom is 0.149 e. The van der Waals surface area contributed by atoms with Crippen LogP contribution in [-0.4, -0.2) is 39.0 Å². The van der Waals surface area contributed by atoms with Gasteiger partial charge in [0.15, 0.2) is 0 Å². The van der Waals surface area contributed by atoms with Crippen molar-refractivity contribution in [1.29, 1.82) is 0 Å². The third-order valence-electron chi connectivity index (χ3n) is 2.71. The first-order valence-corrected chi connectivity index (χ1v) is 7.97. The molecule has 0 aromatic heterocycles. The Balaban J connectivity index is 2.85. The van der Waals surface area contributed by atoms with E-state index in [1.807, 2.05) is 37.1 Å². The minimum absolute atomic E-state index is 0.138. The second kappa shape index (κ2) is 5.67. The number of sulfone groups is 1. The average Bonchev–Trinajstić information content (AvgIpc) is 2.24. The summed E-state index contributed by atoms with van der Waals surface area (Å²) in [6, 6.07) is 5.71. The molecule has 0 amide bonds. The summed E-state index contributed by atoms with van der Waals surface area (Å²) in [6.07, 6.45) is 1.24. The maximum absolute atomic E-state index is 11.1. The van der Waals surface area contributed by atoms with E-state index in [0.29, 0.717) is 11.5 Å². The highest BCUT2D eigenvalue weighted by Gasteiger charge is 2.08. The number of rotatable bonds is 5. The standard InChI is InChI=1S/C12H18N2O2S2/c1-9-8-10(4-5-11(9)12(13)17)14(2)6-7-18(3,15)16/h4-5,8H,6-7H2,1-3H3,(H2,13,17). The number of hydrogen-bond acceptors (Lipinski definition) is 4. The molecule has 18 heavy (non-hydrogen) atoms. The van der Waals surface area contributed by atoms with Gasteiger partial charge in [0.1, 0.15) is 14.8 Å². The summed E-state index contributed by atoms with van der Waals surface area (Å²) < 4.78 is 22.2. The number of nitrogens with two attached hydrogens (primary N) is 1. The first kappa shape index (κ1) is 14.9. The van der Waals surface area contributed by atoms with Gasteiger partial charge in [0.05, 0.1) is 5.75 Å². The molecule has 0 bridgehead atoms. The van der Waals surface area contributed by atoms with Crippen LogP contribution in [0.15, 0.2) is 18.2 Å². The van der Waals surface area contributed by atoms with Gasteiger partial charge in [-0.3, -0.25) is 0 Å². The van der Waals surface area contributed by atoms with Crippen molar-refractivity contribution in [3.05, 3.63) is 29.3 Å². The smallest absolute Gasteiger partial charge is 0.149 e. The van der Waals surface area contributed by atoms with Crippen molar-refractivity contribution in [2.75, 3.05) is 30.5 Å². The van der Waals surface area contributed by atoms with Gasteiger partial charge in [0, 0.05) is 31.1 Å². The summed E-state index contributed by atoms with van der Waals surface area (Å²) >= 11 is 4.94. The zero-order valence-corrected chi connectivity index (χ0v) is 12.4. The molecule has 0 heterocycles. The molecule has 1 rings (SSSR count). The Labute approximate surface area is 114 Å². The molecule has 0 spiro atoms. The Morgan fingerprint density at radius 3 is 2.50 bits per heavy atom. The van der Waals surface area contributed by atoms with E-state index >= 15 is 0 Å². The van der Waals surface area contributed by atoms with Crippen molar-refractivity contribution in [3.8, 4) is 0 Å². The lowest BCUT2D eigenvalue weighted by molar-refractivity contribution is 0.601. The quantitative estimate of drug-likeness (QED) is 0.822. The minimum Gasteiger partial charge on any atom is -0.389 e. The van der Waals surface area contributed by atoms with Crippen LogP contribution >= 0.6 is 12.2 Å². The Kier molecular flexibility index (Phi) is 4.70. The van der Waals surface area contributed by atoms with Gasteiger partial charge < -0.3 is 10.6 Å². The third kappa shape index (κ3) is 4.27. The lowest BCUT2D eigenvalue weighted by atomic mass is 10.1. The Hall–Kier alpha value is -1.14. The number of nitrogens with zero attached hydrogens (tertiary/aromatic N) is 1. The zero-order chi connectivity index (χ0) is 13.9. The summed E-state index contributed by atoms with van der Waals surface area (Å²) in [5, 5.41) is 0. The van der Waals surface area contributed by atoms with E-state index in [1.165, 1.54) is 6.26 Å². The molecule has 0 saturated heterocycles. The van der Waals surface area contributed by atoms with E-state index < -0.39 is 9.84 Å². The number of anilines is 1. The summed E-state index contributed by atoms with van der Waals surface area (Å²) in [5.74, 6) is 0.138. The second-order valence-electron chi connectivity index (χ2n) is 4.41. The maximum atomic E-state index is 11.1. The van der Waals surface area contributed by atoms with Gasteiger partial charge in [0.2, 0.25) is 0 Å². The van der Waals surface area contributed by atoms with Crippen molar-refractivity contribution in [2.45, 2.75) is 6.92 Å². The lowest BCUT2D eigenvalue weighted by Gasteiger charge is -2.20. The Morgan fingerprint density at radius 2 is 2.06 bits per heavy atom. The molecule has 0 radical (unpaired) electrons. The molecule has 100 valence electrons. The van der Waals surface area contributed by atoms with E-state index in [1.54, 1.807) is 0 Å². The summed E-state index contributed by atoms with van der Waals surface area (Å²) in [5.41, 5.74) is 8.39. The fourth-order valence-corrected chi connectivity index (χ4v) is 2.43. The normalized spacial score (nSPS) is 11.3. The van der Waals surface area contributed by atoms with E-state index in [9.17, 15) is 8.42 Å². The van der Waals surface area contributed by atoms with Crippen molar-refractivity contribution in [2.24, 2.45) is 5.73 Å². The van der Waals surface area contributed by atoms with Crippen LogP contribution in [0.1, 0.15) is 11.1 Å². The molecule has 0 atom stereocenters. The molecule has 1 aromatic carbocycles. The molecule has 6 heteroatoms. The van der Waals surface area contributed by atoms with E-state index in [2.05, 4.69) is 0 Å². The van der Waals surface area contributed by atoms with Crippen LogP contribution < -0.4 is 10.6 Å². The van der Waals surface area contributed by atoms with Crippen LogP contribution in [0.25, 0.3) is 0 Å². The summed E-state index contributed by atoms with van der Waals surface area (Å²) in [6.45, 7) is 2.40. The van der Waals surface area contributed by atoms with Crippen molar-refractivity contribution < 1.29 is 8.42 Å². The molecule has 0 aliphatic heterocycles. The van der Waals surface area contributed by atoms with Crippen LogP contribution in [0.4, 0.5) is 5.69 Å². The third-order valence-corrected chi connectivity index (χ3v) is 3.86. The van der Waals surface area contributed by atoms with Crippen molar-refractivity contribution >= 4 is 32.7 Å². The van der Waals surface area contributed by atoms with E-state index in [0.717, 1.165) is 16.8 Å². The predicted octanol–water partition coefficient (Wildman–Crippen LogP) is 1.11. The minimum atomic E-state index is -2.94. The Morgan fingerprint density at radius 1 is 1.44 bits per heavy atom. The fourth-order valence-electron chi connectivity index (χ4n) is 1.59. The van der Waals surface area contributed by atoms with Crippen LogP contribution in [0.3, 0.4) is 0 Å². The summed E-state index contributed by atoms with van der Waals surface area (Å²) in [4.78, 5) is 2.27. The zero-order valence-electron chi connectivity index (χ0n) is 10.8. The van der Waals surface area contributed by atoms with Crippen molar-refractivity contribution in [1.82, 2.24) is 0 Å². The molecular weight excluding hydrogens is 268 g/mol. The molecule has 2 N–H and O–H groups in total. The van der Waals surface area contributed by atoms with Gasteiger partial charge >= 0.3 is 0 Å². The van der Waals surface area contributed by atoms with Crippen LogP contribution in [0.2, 0.25) is 0 Å². The average molecular weight is 286 g/mol. The monoisotopic (exact) mass is 286 g/mol.